The summed E-state index contributed by atoms with van der Waals surface area (Å²) in [6.07, 6.45) is 2.14. The minimum atomic E-state index is -0.871. The molecule has 4 heteroatoms. The Balaban J connectivity index is 1.89. The van der Waals surface area contributed by atoms with Gasteiger partial charge < -0.3 is 10.1 Å². The zero-order chi connectivity index (χ0) is 16.7. The molecule has 0 saturated carbocycles. The molecule has 0 heterocycles. The molecule has 0 fully saturated rings. The molecule has 1 atom stereocenters. The average molecular weight is 309 g/mol. The Hall–Kier alpha value is -2.88. The van der Waals surface area contributed by atoms with Crippen LogP contribution >= 0.6 is 0 Å². The molecular formula is C19H19NO3. The highest BCUT2D eigenvalue weighted by molar-refractivity contribution is 5.96. The second-order valence-electron chi connectivity index (χ2n) is 5.12. The molecule has 0 aliphatic rings. The van der Waals surface area contributed by atoms with E-state index in [9.17, 15) is 9.59 Å². The lowest BCUT2D eigenvalue weighted by Crippen LogP contribution is -2.29. The van der Waals surface area contributed by atoms with Crippen LogP contribution < -0.4 is 5.32 Å². The van der Waals surface area contributed by atoms with E-state index in [0.717, 1.165) is 11.1 Å². The lowest BCUT2D eigenvalue weighted by atomic mass is 10.1. The van der Waals surface area contributed by atoms with Crippen LogP contribution in [0.5, 0.6) is 0 Å². The summed E-state index contributed by atoms with van der Waals surface area (Å²) in [5, 5.41) is 2.69. The number of aryl methyl sites for hydroxylation is 1. The second kappa shape index (κ2) is 7.94. The van der Waals surface area contributed by atoms with Gasteiger partial charge in [0, 0.05) is 11.8 Å². The predicted octanol–water partition coefficient (Wildman–Crippen LogP) is 3.58. The van der Waals surface area contributed by atoms with E-state index in [2.05, 4.69) is 5.32 Å². The van der Waals surface area contributed by atoms with E-state index < -0.39 is 12.1 Å². The number of hydrogen-bond acceptors (Lipinski definition) is 3. The van der Waals surface area contributed by atoms with Crippen molar-refractivity contribution in [3.8, 4) is 0 Å². The van der Waals surface area contributed by atoms with Crippen molar-refractivity contribution in [2.45, 2.75) is 20.0 Å². The van der Waals surface area contributed by atoms with E-state index in [0.29, 0.717) is 5.69 Å². The quantitative estimate of drug-likeness (QED) is 0.678. The average Bonchev–Trinajstić information content (AvgIpc) is 2.55. The molecule has 1 amide bonds. The maximum absolute atomic E-state index is 12.0. The van der Waals surface area contributed by atoms with Crippen LogP contribution in [0.1, 0.15) is 18.1 Å². The van der Waals surface area contributed by atoms with Gasteiger partial charge in [-0.1, -0.05) is 42.5 Å². The highest BCUT2D eigenvalue weighted by Crippen LogP contribution is 2.10. The van der Waals surface area contributed by atoms with Gasteiger partial charge in [0.05, 0.1) is 0 Å². The summed E-state index contributed by atoms with van der Waals surface area (Å²) in [6.45, 7) is 3.50. The normalized spacial score (nSPS) is 11.9. The largest absolute Gasteiger partial charge is 0.449 e. The first-order chi connectivity index (χ1) is 11.1. The Morgan fingerprint density at radius 1 is 1.04 bits per heavy atom. The van der Waals surface area contributed by atoms with Crippen molar-refractivity contribution < 1.29 is 14.3 Å². The predicted molar refractivity (Wildman–Crippen MR) is 90.8 cm³/mol. The van der Waals surface area contributed by atoms with Crippen molar-refractivity contribution >= 4 is 23.6 Å². The van der Waals surface area contributed by atoms with Crippen molar-refractivity contribution in [2.24, 2.45) is 0 Å². The molecule has 23 heavy (non-hydrogen) atoms. The molecule has 118 valence electrons. The van der Waals surface area contributed by atoms with Gasteiger partial charge in [0.1, 0.15) is 0 Å². The van der Waals surface area contributed by atoms with Gasteiger partial charge >= 0.3 is 5.97 Å². The molecule has 0 unspecified atom stereocenters. The summed E-state index contributed by atoms with van der Waals surface area (Å²) in [4.78, 5) is 23.8. The minimum Gasteiger partial charge on any atom is -0.449 e. The number of carbonyl (C=O) groups excluding carboxylic acids is 2. The van der Waals surface area contributed by atoms with Gasteiger partial charge in [0.15, 0.2) is 6.10 Å². The van der Waals surface area contributed by atoms with Crippen LogP contribution in [0.4, 0.5) is 5.69 Å². The number of esters is 1. The Morgan fingerprint density at radius 3 is 2.39 bits per heavy atom. The molecule has 0 saturated heterocycles. The first-order valence-electron chi connectivity index (χ1n) is 7.36. The van der Waals surface area contributed by atoms with Crippen molar-refractivity contribution in [3.63, 3.8) is 0 Å². The fraction of sp³-hybridized carbons (Fsp3) is 0.158. The number of amides is 1. The van der Waals surface area contributed by atoms with Gasteiger partial charge in [-0.25, -0.2) is 4.79 Å². The van der Waals surface area contributed by atoms with Gasteiger partial charge in [0.2, 0.25) is 0 Å². The topological polar surface area (TPSA) is 55.4 Å². The minimum absolute atomic E-state index is 0.367. The molecule has 2 rings (SSSR count). The summed E-state index contributed by atoms with van der Waals surface area (Å²) < 4.78 is 5.11. The number of anilines is 1. The summed E-state index contributed by atoms with van der Waals surface area (Å²) in [6, 6.07) is 16.7. The molecule has 2 aromatic rings. The van der Waals surface area contributed by atoms with Crippen molar-refractivity contribution in [2.75, 3.05) is 5.32 Å². The third-order valence-electron chi connectivity index (χ3n) is 3.29. The summed E-state index contributed by atoms with van der Waals surface area (Å²) in [5.41, 5.74) is 2.66. The molecule has 0 aliphatic heterocycles. The highest BCUT2D eigenvalue weighted by Gasteiger charge is 2.16. The van der Waals surface area contributed by atoms with E-state index in [1.54, 1.807) is 18.2 Å². The maximum atomic E-state index is 12.0. The second-order valence-corrected chi connectivity index (χ2v) is 5.12. The van der Waals surface area contributed by atoms with Crippen LogP contribution in [0.15, 0.2) is 60.7 Å². The van der Waals surface area contributed by atoms with Crippen molar-refractivity contribution in [3.05, 3.63) is 71.8 Å². The van der Waals surface area contributed by atoms with Crippen molar-refractivity contribution in [1.29, 1.82) is 0 Å². The Kier molecular flexibility index (Phi) is 5.69. The van der Waals surface area contributed by atoms with Gasteiger partial charge in [-0.3, -0.25) is 4.79 Å². The lowest BCUT2D eigenvalue weighted by molar-refractivity contribution is -0.148. The molecule has 0 spiro atoms. The molecule has 2 aromatic carbocycles. The standard InChI is InChI=1S/C19H19NO3/c1-14-8-6-7-9-16(14)12-13-18(21)23-15(2)19(22)20-17-10-4-3-5-11-17/h3-13,15H,1-2H3,(H,20,22)/b13-12+/t15-/m0/s1. The summed E-state index contributed by atoms with van der Waals surface area (Å²) in [7, 11) is 0. The summed E-state index contributed by atoms with van der Waals surface area (Å²) >= 11 is 0. The van der Waals surface area contributed by atoms with E-state index >= 15 is 0 Å². The third-order valence-corrected chi connectivity index (χ3v) is 3.29. The Bertz CT molecular complexity index is 708. The number of carbonyl (C=O) groups is 2. The van der Waals surface area contributed by atoms with Gasteiger partial charge in [0.25, 0.3) is 5.91 Å². The number of para-hydroxylation sites is 1. The lowest BCUT2D eigenvalue weighted by Gasteiger charge is -2.12. The van der Waals surface area contributed by atoms with Crippen molar-refractivity contribution in [1.82, 2.24) is 0 Å². The molecule has 1 N–H and O–H groups in total. The number of nitrogens with one attached hydrogen (secondary N) is 1. The van der Waals surface area contributed by atoms with Crippen LogP contribution in [-0.4, -0.2) is 18.0 Å². The fourth-order valence-corrected chi connectivity index (χ4v) is 1.96. The van der Waals surface area contributed by atoms with E-state index in [1.165, 1.54) is 13.0 Å². The molecule has 0 bridgehead atoms. The van der Waals surface area contributed by atoms with Gasteiger partial charge in [-0.05, 0) is 43.2 Å². The number of hydrogen-bond donors (Lipinski definition) is 1. The third kappa shape index (κ3) is 5.11. The fourth-order valence-electron chi connectivity index (χ4n) is 1.96. The van der Waals surface area contributed by atoms with E-state index in [1.807, 2.05) is 49.4 Å². The first-order valence-corrected chi connectivity index (χ1v) is 7.36. The Labute approximate surface area is 135 Å². The maximum Gasteiger partial charge on any atom is 0.331 e. The zero-order valence-electron chi connectivity index (χ0n) is 13.2. The molecule has 0 aliphatic carbocycles. The van der Waals surface area contributed by atoms with Crippen LogP contribution in [-0.2, 0) is 14.3 Å². The monoisotopic (exact) mass is 309 g/mol. The van der Waals surface area contributed by atoms with Crippen LogP contribution in [0.25, 0.3) is 6.08 Å². The number of ether oxygens (including phenoxy) is 1. The Morgan fingerprint density at radius 2 is 1.70 bits per heavy atom. The molecule has 0 radical (unpaired) electrons. The first kappa shape index (κ1) is 16.5. The molecule has 4 nitrogen and oxygen atoms in total. The molecular weight excluding hydrogens is 290 g/mol. The highest BCUT2D eigenvalue weighted by atomic mass is 16.5. The summed E-state index contributed by atoms with van der Waals surface area (Å²) in [5.74, 6) is -0.919. The number of rotatable bonds is 5. The van der Waals surface area contributed by atoms with Gasteiger partial charge in [-0.2, -0.15) is 0 Å². The van der Waals surface area contributed by atoms with Crippen LogP contribution in [0.2, 0.25) is 0 Å². The zero-order valence-corrected chi connectivity index (χ0v) is 13.2. The molecule has 0 aromatic heterocycles. The SMILES string of the molecule is Cc1ccccc1/C=C/C(=O)O[C@@H](C)C(=O)Nc1ccccc1. The van der Waals surface area contributed by atoms with Gasteiger partial charge in [-0.15, -0.1) is 0 Å². The van der Waals surface area contributed by atoms with Crippen LogP contribution in [0, 0.1) is 6.92 Å². The smallest absolute Gasteiger partial charge is 0.331 e. The van der Waals surface area contributed by atoms with Crippen LogP contribution in [0.3, 0.4) is 0 Å². The van der Waals surface area contributed by atoms with E-state index in [-0.39, 0.29) is 5.91 Å². The van der Waals surface area contributed by atoms with E-state index in [4.69, 9.17) is 4.74 Å². The number of benzene rings is 2.